The largest absolute Gasteiger partial charge is 0.505 e. The molecule has 3 rings (SSSR count). The molecule has 0 saturated carbocycles. The van der Waals surface area contributed by atoms with Crippen molar-refractivity contribution in [2.24, 2.45) is 0 Å². The van der Waals surface area contributed by atoms with Crippen LogP contribution in [0.3, 0.4) is 0 Å². The number of aromatic nitrogens is 2. The number of nitrogens with zero attached hydrogens (tertiary/aromatic N) is 2. The molecule has 0 unspecified atom stereocenters. The summed E-state index contributed by atoms with van der Waals surface area (Å²) in [6, 6.07) is 14.7. The standard InChI is InChI=1S/C19H16ClN3O4/c1-27-16-9-5-4-8-14(16)23-17(25)10-15(24)18(22-23)19(26)21-11-12-6-2-3-7-13(12)20/h2-10,24H,11H2,1H3,(H,21,26). The first-order valence-corrected chi connectivity index (χ1v) is 8.37. The second-order valence-electron chi connectivity index (χ2n) is 5.57. The molecule has 0 aliphatic rings. The molecule has 3 aromatic rings. The van der Waals surface area contributed by atoms with Crippen LogP contribution in [0.2, 0.25) is 5.02 Å². The van der Waals surface area contributed by atoms with E-state index in [0.717, 1.165) is 10.7 Å². The van der Waals surface area contributed by atoms with Gasteiger partial charge in [0.15, 0.2) is 11.4 Å². The minimum atomic E-state index is -0.643. The van der Waals surface area contributed by atoms with E-state index in [-0.39, 0.29) is 12.2 Å². The van der Waals surface area contributed by atoms with Gasteiger partial charge in [0, 0.05) is 17.6 Å². The average Bonchev–Trinajstić information content (AvgIpc) is 2.67. The fraction of sp³-hybridized carbons (Fsp3) is 0.105. The second-order valence-corrected chi connectivity index (χ2v) is 5.98. The normalized spacial score (nSPS) is 10.4. The molecule has 0 radical (unpaired) electrons. The van der Waals surface area contributed by atoms with Crippen LogP contribution < -0.4 is 15.6 Å². The number of hydrogen-bond acceptors (Lipinski definition) is 5. The molecular formula is C19H16ClN3O4. The number of carbonyl (C=O) groups is 1. The van der Waals surface area contributed by atoms with E-state index in [1.54, 1.807) is 48.5 Å². The van der Waals surface area contributed by atoms with Crippen molar-refractivity contribution in [1.29, 1.82) is 0 Å². The zero-order chi connectivity index (χ0) is 19.4. The Morgan fingerprint density at radius 2 is 1.93 bits per heavy atom. The number of ether oxygens (including phenoxy) is 1. The minimum Gasteiger partial charge on any atom is -0.505 e. The first-order chi connectivity index (χ1) is 13.0. The molecule has 8 heteroatoms. The summed E-state index contributed by atoms with van der Waals surface area (Å²) in [5.41, 5.74) is 0.183. The molecule has 0 bridgehead atoms. The summed E-state index contributed by atoms with van der Waals surface area (Å²) in [6.07, 6.45) is 0. The molecule has 0 saturated heterocycles. The summed E-state index contributed by atoms with van der Waals surface area (Å²) in [5, 5.41) is 17.2. The van der Waals surface area contributed by atoms with Gasteiger partial charge in [0.1, 0.15) is 11.4 Å². The van der Waals surface area contributed by atoms with E-state index in [4.69, 9.17) is 16.3 Å². The van der Waals surface area contributed by atoms with Crippen LogP contribution in [-0.2, 0) is 6.54 Å². The van der Waals surface area contributed by atoms with E-state index in [2.05, 4.69) is 10.4 Å². The van der Waals surface area contributed by atoms with Crippen LogP contribution in [0.25, 0.3) is 5.69 Å². The molecule has 2 N–H and O–H groups in total. The summed E-state index contributed by atoms with van der Waals surface area (Å²) in [7, 11) is 1.46. The van der Waals surface area contributed by atoms with Crippen LogP contribution in [0, 0.1) is 0 Å². The molecule has 0 aliphatic carbocycles. The van der Waals surface area contributed by atoms with Gasteiger partial charge in [-0.25, -0.2) is 0 Å². The van der Waals surface area contributed by atoms with Crippen LogP contribution >= 0.6 is 11.6 Å². The molecule has 7 nitrogen and oxygen atoms in total. The van der Waals surface area contributed by atoms with Gasteiger partial charge in [-0.3, -0.25) is 9.59 Å². The van der Waals surface area contributed by atoms with Crippen molar-refractivity contribution in [1.82, 2.24) is 15.1 Å². The highest BCUT2D eigenvalue weighted by Crippen LogP contribution is 2.21. The van der Waals surface area contributed by atoms with E-state index >= 15 is 0 Å². The van der Waals surface area contributed by atoms with Gasteiger partial charge in [-0.2, -0.15) is 9.78 Å². The third kappa shape index (κ3) is 3.93. The molecule has 138 valence electrons. The summed E-state index contributed by atoms with van der Waals surface area (Å²) < 4.78 is 6.23. The van der Waals surface area contributed by atoms with Crippen LogP contribution in [-0.4, -0.2) is 27.9 Å². The monoisotopic (exact) mass is 385 g/mol. The molecule has 0 atom stereocenters. The van der Waals surface area contributed by atoms with Crippen molar-refractivity contribution in [3.05, 3.63) is 81.2 Å². The summed E-state index contributed by atoms with van der Waals surface area (Å²) in [4.78, 5) is 24.7. The number of aromatic hydroxyl groups is 1. The number of hydrogen-bond donors (Lipinski definition) is 2. The minimum absolute atomic E-state index is 0.146. The molecule has 0 fully saturated rings. The van der Waals surface area contributed by atoms with Gasteiger partial charge in [0.25, 0.3) is 11.5 Å². The highest BCUT2D eigenvalue weighted by atomic mass is 35.5. The number of benzene rings is 2. The zero-order valence-electron chi connectivity index (χ0n) is 14.3. The van der Waals surface area contributed by atoms with Crippen LogP contribution in [0.5, 0.6) is 11.5 Å². The molecule has 1 heterocycles. The van der Waals surface area contributed by atoms with E-state index in [0.29, 0.717) is 22.0 Å². The van der Waals surface area contributed by atoms with Gasteiger partial charge >= 0.3 is 0 Å². The summed E-state index contributed by atoms with van der Waals surface area (Å²) >= 11 is 6.07. The van der Waals surface area contributed by atoms with Gasteiger partial charge in [-0.15, -0.1) is 0 Å². The molecule has 2 aromatic carbocycles. The Kier molecular flexibility index (Phi) is 5.42. The first-order valence-electron chi connectivity index (χ1n) is 7.99. The van der Waals surface area contributed by atoms with Crippen molar-refractivity contribution in [2.75, 3.05) is 7.11 Å². The molecular weight excluding hydrogens is 370 g/mol. The maximum Gasteiger partial charge on any atom is 0.275 e. The number of rotatable bonds is 5. The maximum absolute atomic E-state index is 12.5. The molecule has 27 heavy (non-hydrogen) atoms. The van der Waals surface area contributed by atoms with Crippen LogP contribution in [0.15, 0.2) is 59.4 Å². The predicted octanol–water partition coefficient (Wildman–Crippen LogP) is 2.53. The van der Waals surface area contributed by atoms with Crippen molar-refractivity contribution >= 4 is 17.5 Å². The summed E-state index contributed by atoms with van der Waals surface area (Å²) in [5.74, 6) is -0.751. The van der Waals surface area contributed by atoms with Gasteiger partial charge in [-0.05, 0) is 23.8 Å². The lowest BCUT2D eigenvalue weighted by molar-refractivity contribution is 0.0941. The highest BCUT2D eigenvalue weighted by Gasteiger charge is 2.18. The summed E-state index contributed by atoms with van der Waals surface area (Å²) in [6.45, 7) is 0.146. The molecule has 1 aromatic heterocycles. The van der Waals surface area contributed by atoms with Crippen molar-refractivity contribution in [3.8, 4) is 17.2 Å². The van der Waals surface area contributed by atoms with E-state index in [1.165, 1.54) is 7.11 Å². The van der Waals surface area contributed by atoms with Crippen molar-refractivity contribution in [3.63, 3.8) is 0 Å². The lowest BCUT2D eigenvalue weighted by atomic mass is 10.2. The first kappa shape index (κ1) is 18.5. The number of para-hydroxylation sites is 2. The quantitative estimate of drug-likeness (QED) is 0.704. The number of methoxy groups -OCH3 is 1. The Hall–Kier alpha value is -3.32. The molecule has 0 spiro atoms. The fourth-order valence-electron chi connectivity index (χ4n) is 2.49. The average molecular weight is 386 g/mol. The Bertz CT molecular complexity index is 1050. The Morgan fingerprint density at radius 1 is 1.22 bits per heavy atom. The second kappa shape index (κ2) is 7.92. The van der Waals surface area contributed by atoms with Crippen molar-refractivity contribution < 1.29 is 14.6 Å². The SMILES string of the molecule is COc1ccccc1-n1nc(C(=O)NCc2ccccc2Cl)c(O)cc1=O. The van der Waals surface area contributed by atoms with E-state index in [1.807, 2.05) is 0 Å². The third-order valence-electron chi connectivity index (χ3n) is 3.84. The highest BCUT2D eigenvalue weighted by molar-refractivity contribution is 6.31. The third-order valence-corrected chi connectivity index (χ3v) is 4.21. The maximum atomic E-state index is 12.5. The lowest BCUT2D eigenvalue weighted by Crippen LogP contribution is -2.29. The Balaban J connectivity index is 1.93. The molecule has 1 amide bonds. The number of carbonyl (C=O) groups excluding carboxylic acids is 1. The van der Waals surface area contributed by atoms with Gasteiger partial charge in [-0.1, -0.05) is 41.9 Å². The molecule has 0 aliphatic heterocycles. The smallest absolute Gasteiger partial charge is 0.275 e. The van der Waals surface area contributed by atoms with E-state index in [9.17, 15) is 14.7 Å². The Morgan fingerprint density at radius 3 is 2.67 bits per heavy atom. The zero-order valence-corrected chi connectivity index (χ0v) is 15.1. The lowest BCUT2D eigenvalue weighted by Gasteiger charge is -2.12. The van der Waals surface area contributed by atoms with Gasteiger partial charge in [0.05, 0.1) is 7.11 Å². The van der Waals surface area contributed by atoms with E-state index < -0.39 is 17.2 Å². The van der Waals surface area contributed by atoms with Gasteiger partial charge in [0.2, 0.25) is 0 Å². The Labute approximate surface area is 159 Å². The number of nitrogens with one attached hydrogen (secondary N) is 1. The fourth-order valence-corrected chi connectivity index (χ4v) is 2.69. The van der Waals surface area contributed by atoms with Crippen molar-refractivity contribution in [2.45, 2.75) is 6.54 Å². The number of amides is 1. The van der Waals surface area contributed by atoms with Crippen LogP contribution in [0.1, 0.15) is 16.1 Å². The van der Waals surface area contributed by atoms with Crippen LogP contribution in [0.4, 0.5) is 0 Å². The predicted molar refractivity (Wildman–Crippen MR) is 101 cm³/mol. The topological polar surface area (TPSA) is 93.5 Å². The van der Waals surface area contributed by atoms with Gasteiger partial charge < -0.3 is 15.2 Å². The number of halogens is 1.